The van der Waals surface area contributed by atoms with E-state index in [-0.39, 0.29) is 11.1 Å². The number of halogens is 1. The zero-order valence-corrected chi connectivity index (χ0v) is 15.8. The van der Waals surface area contributed by atoms with Gasteiger partial charge in [-0.2, -0.15) is 5.26 Å². The van der Waals surface area contributed by atoms with E-state index in [1.165, 1.54) is 12.1 Å². The summed E-state index contributed by atoms with van der Waals surface area (Å²) in [5.41, 5.74) is 4.88. The highest BCUT2D eigenvalue weighted by molar-refractivity contribution is 6.04. The van der Waals surface area contributed by atoms with Gasteiger partial charge >= 0.3 is 0 Å². The first-order chi connectivity index (χ1) is 13.9. The summed E-state index contributed by atoms with van der Waals surface area (Å²) in [4.78, 5) is 17.0. The summed E-state index contributed by atoms with van der Waals surface area (Å²) in [7, 11) is 0. The summed E-state index contributed by atoms with van der Waals surface area (Å²) in [5, 5.41) is 11.5. The van der Waals surface area contributed by atoms with E-state index in [2.05, 4.69) is 10.3 Å². The summed E-state index contributed by atoms with van der Waals surface area (Å²) in [6, 6.07) is 16.5. The average molecular weight is 385 g/mol. The number of nitriles is 1. The number of anilines is 1. The van der Waals surface area contributed by atoms with Crippen molar-refractivity contribution in [1.82, 2.24) is 4.98 Å². The van der Waals surface area contributed by atoms with Crippen LogP contribution in [-0.2, 0) is 0 Å². The second-order valence-corrected chi connectivity index (χ2v) is 6.76. The molecule has 0 aliphatic rings. The Morgan fingerprint density at radius 1 is 1.10 bits per heavy atom. The van der Waals surface area contributed by atoms with Crippen molar-refractivity contribution in [3.05, 3.63) is 82.7 Å². The van der Waals surface area contributed by atoms with Gasteiger partial charge in [0.05, 0.1) is 17.2 Å². The molecule has 6 heteroatoms. The molecule has 1 amide bonds. The van der Waals surface area contributed by atoms with Crippen molar-refractivity contribution in [2.24, 2.45) is 0 Å². The fraction of sp³-hybridized carbons (Fsp3) is 0.0870. The molecule has 0 spiro atoms. The van der Waals surface area contributed by atoms with Gasteiger partial charge in [-0.3, -0.25) is 4.79 Å². The van der Waals surface area contributed by atoms with E-state index in [1.807, 2.05) is 38.1 Å². The number of hydrogen-bond acceptors (Lipinski definition) is 4. The number of fused-ring (bicyclic) bond motifs is 1. The van der Waals surface area contributed by atoms with Gasteiger partial charge in [-0.15, -0.1) is 0 Å². The molecular weight excluding hydrogens is 369 g/mol. The second-order valence-electron chi connectivity index (χ2n) is 6.76. The van der Waals surface area contributed by atoms with E-state index in [0.717, 1.165) is 22.7 Å². The van der Waals surface area contributed by atoms with Crippen LogP contribution >= 0.6 is 0 Å². The zero-order chi connectivity index (χ0) is 20.5. The molecule has 0 radical (unpaired) electrons. The smallest absolute Gasteiger partial charge is 0.258 e. The van der Waals surface area contributed by atoms with E-state index < -0.39 is 11.7 Å². The highest BCUT2D eigenvalue weighted by Gasteiger charge is 2.14. The molecule has 0 saturated carbocycles. The van der Waals surface area contributed by atoms with Gasteiger partial charge in [0, 0.05) is 11.3 Å². The third-order valence-electron chi connectivity index (χ3n) is 4.71. The second kappa shape index (κ2) is 7.21. The third kappa shape index (κ3) is 3.58. The van der Waals surface area contributed by atoms with Crippen LogP contribution < -0.4 is 5.32 Å². The lowest BCUT2D eigenvalue weighted by molar-refractivity contribution is 0.102. The van der Waals surface area contributed by atoms with E-state index in [4.69, 9.17) is 9.68 Å². The molecule has 0 bridgehead atoms. The van der Waals surface area contributed by atoms with Gasteiger partial charge in [0.15, 0.2) is 5.58 Å². The van der Waals surface area contributed by atoms with Crippen molar-refractivity contribution in [1.29, 1.82) is 5.26 Å². The summed E-state index contributed by atoms with van der Waals surface area (Å²) in [5.74, 6) is -0.916. The normalized spacial score (nSPS) is 10.7. The number of benzene rings is 3. The molecule has 0 fully saturated rings. The summed E-state index contributed by atoms with van der Waals surface area (Å²) in [6.45, 7) is 4.02. The van der Waals surface area contributed by atoms with Gasteiger partial charge in [-0.1, -0.05) is 6.07 Å². The number of aryl methyl sites for hydroxylation is 2. The molecule has 1 aromatic heterocycles. The van der Waals surface area contributed by atoms with Gasteiger partial charge < -0.3 is 9.73 Å². The van der Waals surface area contributed by atoms with Crippen molar-refractivity contribution in [2.75, 3.05) is 5.32 Å². The minimum absolute atomic E-state index is 0.137. The van der Waals surface area contributed by atoms with E-state index >= 15 is 0 Å². The first-order valence-corrected chi connectivity index (χ1v) is 8.94. The van der Waals surface area contributed by atoms with Gasteiger partial charge in [0.2, 0.25) is 5.89 Å². The van der Waals surface area contributed by atoms with Crippen molar-refractivity contribution in [3.63, 3.8) is 0 Å². The number of nitrogens with one attached hydrogen (secondary N) is 1. The van der Waals surface area contributed by atoms with Crippen LogP contribution in [0.2, 0.25) is 0 Å². The Morgan fingerprint density at radius 2 is 1.90 bits per heavy atom. The van der Waals surface area contributed by atoms with Crippen molar-refractivity contribution < 1.29 is 13.6 Å². The molecule has 3 aromatic carbocycles. The number of oxazole rings is 1. The Morgan fingerprint density at radius 3 is 2.66 bits per heavy atom. The van der Waals surface area contributed by atoms with Crippen molar-refractivity contribution >= 4 is 22.7 Å². The largest absolute Gasteiger partial charge is 0.436 e. The molecular formula is C23H16FN3O2. The first-order valence-electron chi connectivity index (χ1n) is 8.94. The zero-order valence-electron chi connectivity index (χ0n) is 15.8. The molecule has 4 aromatic rings. The fourth-order valence-electron chi connectivity index (χ4n) is 3.00. The molecule has 0 aliphatic carbocycles. The number of carbonyl (C=O) groups is 1. The van der Waals surface area contributed by atoms with Crippen LogP contribution in [0.1, 0.15) is 27.0 Å². The highest BCUT2D eigenvalue weighted by Crippen LogP contribution is 2.28. The molecule has 0 unspecified atom stereocenters. The van der Waals surface area contributed by atoms with Crippen molar-refractivity contribution in [3.8, 4) is 17.5 Å². The Labute approximate surface area is 166 Å². The minimum Gasteiger partial charge on any atom is -0.436 e. The molecule has 0 saturated heterocycles. The Balaban J connectivity index is 1.62. The van der Waals surface area contributed by atoms with Crippen molar-refractivity contribution in [2.45, 2.75) is 13.8 Å². The van der Waals surface area contributed by atoms with E-state index in [0.29, 0.717) is 22.7 Å². The molecule has 5 nitrogen and oxygen atoms in total. The number of rotatable bonds is 3. The van der Waals surface area contributed by atoms with Crippen LogP contribution in [0.3, 0.4) is 0 Å². The lowest BCUT2D eigenvalue weighted by Gasteiger charge is -2.07. The quantitative estimate of drug-likeness (QED) is 0.514. The summed E-state index contributed by atoms with van der Waals surface area (Å²) >= 11 is 0. The average Bonchev–Trinajstić information content (AvgIpc) is 3.11. The number of carbonyl (C=O) groups excluding carboxylic acids is 1. The molecule has 4 rings (SSSR count). The summed E-state index contributed by atoms with van der Waals surface area (Å²) in [6.07, 6.45) is 0. The maximum absolute atomic E-state index is 14.1. The number of hydrogen-bond donors (Lipinski definition) is 1. The molecule has 1 N–H and O–H groups in total. The maximum atomic E-state index is 14.1. The van der Waals surface area contributed by atoms with Gasteiger partial charge in [0.25, 0.3) is 5.91 Å². The lowest BCUT2D eigenvalue weighted by Crippen LogP contribution is -2.13. The Kier molecular flexibility index (Phi) is 4.57. The van der Waals surface area contributed by atoms with Gasteiger partial charge in [-0.05, 0) is 73.5 Å². The summed E-state index contributed by atoms with van der Waals surface area (Å²) < 4.78 is 19.9. The van der Waals surface area contributed by atoms with Gasteiger partial charge in [0.1, 0.15) is 11.3 Å². The lowest BCUT2D eigenvalue weighted by atomic mass is 10.1. The third-order valence-corrected chi connectivity index (χ3v) is 4.71. The monoisotopic (exact) mass is 385 g/mol. The Bertz CT molecular complexity index is 1260. The van der Waals surface area contributed by atoms with Crippen LogP contribution in [0.4, 0.5) is 10.1 Å². The maximum Gasteiger partial charge on any atom is 0.258 e. The van der Waals surface area contributed by atoms with Crippen LogP contribution in [0.5, 0.6) is 0 Å². The Hall–Kier alpha value is -3.98. The van der Waals surface area contributed by atoms with Crippen LogP contribution in [0.25, 0.3) is 22.6 Å². The molecule has 1 heterocycles. The first kappa shape index (κ1) is 18.4. The predicted molar refractivity (Wildman–Crippen MR) is 108 cm³/mol. The standard InChI is InChI=1S/C23H16FN3O2/c1-13-8-20-21(9-14(13)2)29-23(27-20)16-4-3-5-17(11-16)26-22(28)18-7-6-15(12-25)10-19(18)24/h3-11H,1-2H3,(H,26,28). The minimum atomic E-state index is -0.748. The SMILES string of the molecule is Cc1cc2nc(-c3cccc(NC(=O)c4ccc(C#N)cc4F)c3)oc2cc1C. The molecule has 0 aliphatic heterocycles. The molecule has 29 heavy (non-hydrogen) atoms. The van der Waals surface area contributed by atoms with E-state index in [9.17, 15) is 9.18 Å². The predicted octanol–water partition coefficient (Wildman–Crippen LogP) is 5.37. The molecule has 142 valence electrons. The highest BCUT2D eigenvalue weighted by atomic mass is 19.1. The molecule has 0 atom stereocenters. The topological polar surface area (TPSA) is 78.9 Å². The number of aromatic nitrogens is 1. The van der Waals surface area contributed by atoms with E-state index in [1.54, 1.807) is 18.2 Å². The van der Waals surface area contributed by atoms with Crippen LogP contribution in [0.15, 0.2) is 59.0 Å². The fourth-order valence-corrected chi connectivity index (χ4v) is 3.00. The number of nitrogens with zero attached hydrogens (tertiary/aromatic N) is 2. The number of amides is 1. The van der Waals surface area contributed by atoms with Crippen LogP contribution in [-0.4, -0.2) is 10.9 Å². The van der Waals surface area contributed by atoms with Gasteiger partial charge in [-0.25, -0.2) is 9.37 Å². The van der Waals surface area contributed by atoms with Crippen LogP contribution in [0, 0.1) is 31.0 Å².